The van der Waals surface area contributed by atoms with Crippen LogP contribution in [0.25, 0.3) is 0 Å². The minimum Gasteiger partial charge on any atom is -0.356 e. The highest BCUT2D eigenvalue weighted by Crippen LogP contribution is 1.94. The predicted molar refractivity (Wildman–Crippen MR) is 67.6 cm³/mol. The fourth-order valence-corrected chi connectivity index (χ4v) is 1.53. The van der Waals surface area contributed by atoms with Gasteiger partial charge in [-0.25, -0.2) is 4.98 Å². The van der Waals surface area contributed by atoms with E-state index < -0.39 is 0 Å². The lowest BCUT2D eigenvalue weighted by Crippen LogP contribution is -2.28. The van der Waals surface area contributed by atoms with Crippen LogP contribution in [0.5, 0.6) is 0 Å². The molecule has 1 rings (SSSR count). The van der Waals surface area contributed by atoms with Gasteiger partial charge in [-0.2, -0.15) is 0 Å². The SMILES string of the molecule is CCNCCC(=O)NCCCCn1ccnc1. The molecule has 0 saturated heterocycles. The molecule has 0 saturated carbocycles. The van der Waals surface area contributed by atoms with Crippen LogP contribution in [0.15, 0.2) is 18.7 Å². The van der Waals surface area contributed by atoms with Crippen LogP contribution in [0.2, 0.25) is 0 Å². The van der Waals surface area contributed by atoms with Gasteiger partial charge in [0.05, 0.1) is 6.33 Å². The van der Waals surface area contributed by atoms with E-state index in [-0.39, 0.29) is 5.91 Å². The van der Waals surface area contributed by atoms with Gasteiger partial charge in [0.25, 0.3) is 0 Å². The van der Waals surface area contributed by atoms with E-state index >= 15 is 0 Å². The van der Waals surface area contributed by atoms with Gasteiger partial charge >= 0.3 is 0 Å². The topological polar surface area (TPSA) is 59.0 Å². The third-order valence-corrected chi connectivity index (χ3v) is 2.50. The molecule has 0 aromatic carbocycles. The molecule has 1 aromatic rings. The summed E-state index contributed by atoms with van der Waals surface area (Å²) in [4.78, 5) is 15.3. The highest BCUT2D eigenvalue weighted by Gasteiger charge is 1.99. The summed E-state index contributed by atoms with van der Waals surface area (Å²) in [5.74, 6) is 0.133. The maximum absolute atomic E-state index is 11.3. The second-order valence-corrected chi connectivity index (χ2v) is 3.96. The average molecular weight is 238 g/mol. The zero-order valence-corrected chi connectivity index (χ0v) is 10.5. The minimum atomic E-state index is 0.133. The maximum atomic E-state index is 11.3. The number of hydrogen-bond donors (Lipinski definition) is 2. The minimum absolute atomic E-state index is 0.133. The number of carbonyl (C=O) groups excluding carboxylic acids is 1. The van der Waals surface area contributed by atoms with Gasteiger partial charge in [-0.3, -0.25) is 4.79 Å². The molecule has 5 heteroatoms. The second-order valence-electron chi connectivity index (χ2n) is 3.96. The number of unbranched alkanes of at least 4 members (excludes halogenated alkanes) is 1. The van der Waals surface area contributed by atoms with Crippen LogP contribution >= 0.6 is 0 Å². The number of nitrogens with zero attached hydrogens (tertiary/aromatic N) is 2. The summed E-state index contributed by atoms with van der Waals surface area (Å²) in [6, 6.07) is 0. The van der Waals surface area contributed by atoms with Gasteiger partial charge in [-0.1, -0.05) is 6.92 Å². The molecular formula is C12H22N4O. The first kappa shape index (κ1) is 13.7. The highest BCUT2D eigenvalue weighted by atomic mass is 16.1. The Hall–Kier alpha value is -1.36. The molecule has 96 valence electrons. The van der Waals surface area contributed by atoms with Crippen LogP contribution in [-0.4, -0.2) is 35.1 Å². The highest BCUT2D eigenvalue weighted by molar-refractivity contribution is 5.75. The summed E-state index contributed by atoms with van der Waals surface area (Å²) < 4.78 is 2.05. The van der Waals surface area contributed by atoms with Gasteiger partial charge in [0.15, 0.2) is 0 Å². The number of aromatic nitrogens is 2. The second kappa shape index (κ2) is 8.75. The van der Waals surface area contributed by atoms with Crippen molar-refractivity contribution in [2.75, 3.05) is 19.6 Å². The molecule has 0 radical (unpaired) electrons. The van der Waals surface area contributed by atoms with Gasteiger partial charge in [0.1, 0.15) is 0 Å². The standard InChI is InChI=1S/C12H22N4O/c1-2-13-7-5-12(17)15-6-3-4-9-16-10-8-14-11-16/h8,10-11,13H,2-7,9H2,1H3,(H,15,17). The normalized spacial score (nSPS) is 10.4. The van der Waals surface area contributed by atoms with Gasteiger partial charge in [-0.05, 0) is 19.4 Å². The first-order valence-electron chi connectivity index (χ1n) is 6.26. The molecule has 5 nitrogen and oxygen atoms in total. The molecule has 1 heterocycles. The van der Waals surface area contributed by atoms with Crippen LogP contribution in [0.3, 0.4) is 0 Å². The van der Waals surface area contributed by atoms with Crippen molar-refractivity contribution in [3.8, 4) is 0 Å². The number of hydrogen-bond acceptors (Lipinski definition) is 3. The predicted octanol–water partition coefficient (Wildman–Crippen LogP) is 0.779. The van der Waals surface area contributed by atoms with Gasteiger partial charge < -0.3 is 15.2 Å². The van der Waals surface area contributed by atoms with Crippen molar-refractivity contribution in [3.63, 3.8) is 0 Å². The number of rotatable bonds is 9. The van der Waals surface area contributed by atoms with Crippen LogP contribution in [0, 0.1) is 0 Å². The molecule has 0 aliphatic heterocycles. The number of aryl methyl sites for hydroxylation is 1. The summed E-state index contributed by atoms with van der Waals surface area (Å²) in [7, 11) is 0. The molecule has 1 amide bonds. The Morgan fingerprint density at radius 3 is 2.94 bits per heavy atom. The van der Waals surface area contributed by atoms with E-state index in [9.17, 15) is 4.79 Å². The molecule has 17 heavy (non-hydrogen) atoms. The lowest BCUT2D eigenvalue weighted by molar-refractivity contribution is -0.121. The van der Waals surface area contributed by atoms with Crippen molar-refractivity contribution in [1.82, 2.24) is 20.2 Å². The van der Waals surface area contributed by atoms with E-state index in [2.05, 4.69) is 15.6 Å². The van der Waals surface area contributed by atoms with E-state index in [0.29, 0.717) is 6.42 Å². The van der Waals surface area contributed by atoms with Crippen molar-refractivity contribution in [2.24, 2.45) is 0 Å². The molecule has 0 atom stereocenters. The van der Waals surface area contributed by atoms with Crippen molar-refractivity contribution >= 4 is 5.91 Å². The molecule has 2 N–H and O–H groups in total. The summed E-state index contributed by atoms with van der Waals surface area (Å²) in [6.07, 6.45) is 8.18. The Labute approximate surface area is 103 Å². The molecule has 0 fully saturated rings. The largest absolute Gasteiger partial charge is 0.356 e. The van der Waals surface area contributed by atoms with E-state index in [1.807, 2.05) is 24.0 Å². The average Bonchev–Trinajstić information content (AvgIpc) is 2.82. The van der Waals surface area contributed by atoms with Crippen molar-refractivity contribution in [2.45, 2.75) is 32.7 Å². The molecule has 0 aliphatic carbocycles. The lowest BCUT2D eigenvalue weighted by atomic mass is 10.3. The Kier molecular flexibility index (Phi) is 7.06. The van der Waals surface area contributed by atoms with E-state index in [1.165, 1.54) is 0 Å². The fraction of sp³-hybridized carbons (Fsp3) is 0.667. The first-order chi connectivity index (χ1) is 8.33. The molecule has 0 aliphatic rings. The number of carbonyl (C=O) groups is 1. The quantitative estimate of drug-likeness (QED) is 0.625. The van der Waals surface area contributed by atoms with Crippen LogP contribution in [0.1, 0.15) is 26.2 Å². The molecule has 0 spiro atoms. The van der Waals surface area contributed by atoms with E-state index in [4.69, 9.17) is 0 Å². The van der Waals surface area contributed by atoms with Gasteiger partial charge in [0, 0.05) is 38.4 Å². The summed E-state index contributed by atoms with van der Waals surface area (Å²) >= 11 is 0. The molecule has 0 bridgehead atoms. The van der Waals surface area contributed by atoms with Crippen molar-refractivity contribution < 1.29 is 4.79 Å². The fourth-order valence-electron chi connectivity index (χ4n) is 1.53. The third-order valence-electron chi connectivity index (χ3n) is 2.50. The van der Waals surface area contributed by atoms with Crippen molar-refractivity contribution in [3.05, 3.63) is 18.7 Å². The van der Waals surface area contributed by atoms with Crippen LogP contribution in [-0.2, 0) is 11.3 Å². The monoisotopic (exact) mass is 238 g/mol. The third kappa shape index (κ3) is 6.73. The molecule has 1 aromatic heterocycles. The molecular weight excluding hydrogens is 216 g/mol. The zero-order valence-electron chi connectivity index (χ0n) is 10.5. The Bertz CT molecular complexity index is 297. The van der Waals surface area contributed by atoms with Gasteiger partial charge in [0.2, 0.25) is 5.91 Å². The Morgan fingerprint density at radius 1 is 1.35 bits per heavy atom. The van der Waals surface area contributed by atoms with Gasteiger partial charge in [-0.15, -0.1) is 0 Å². The number of amides is 1. The number of imidazole rings is 1. The smallest absolute Gasteiger partial charge is 0.221 e. The Balaban J connectivity index is 1.91. The van der Waals surface area contributed by atoms with E-state index in [1.54, 1.807) is 6.20 Å². The Morgan fingerprint density at radius 2 is 2.24 bits per heavy atom. The maximum Gasteiger partial charge on any atom is 0.221 e. The van der Waals surface area contributed by atoms with Crippen LogP contribution in [0.4, 0.5) is 0 Å². The summed E-state index contributed by atoms with van der Waals surface area (Å²) in [5.41, 5.74) is 0. The zero-order chi connectivity index (χ0) is 12.3. The van der Waals surface area contributed by atoms with Crippen molar-refractivity contribution in [1.29, 1.82) is 0 Å². The van der Waals surface area contributed by atoms with E-state index in [0.717, 1.165) is 39.0 Å². The first-order valence-corrected chi connectivity index (χ1v) is 6.26. The molecule has 0 unspecified atom stereocenters. The number of nitrogens with one attached hydrogen (secondary N) is 2. The lowest BCUT2D eigenvalue weighted by Gasteiger charge is -2.05. The summed E-state index contributed by atoms with van der Waals surface area (Å²) in [6.45, 7) is 5.44. The summed E-state index contributed by atoms with van der Waals surface area (Å²) in [5, 5.41) is 6.05. The van der Waals surface area contributed by atoms with Crippen LogP contribution < -0.4 is 10.6 Å².